The van der Waals surface area contributed by atoms with Crippen molar-refractivity contribution in [2.75, 3.05) is 26.7 Å². The number of aromatic nitrogens is 3. The van der Waals surface area contributed by atoms with Crippen molar-refractivity contribution >= 4 is 5.70 Å². The molecule has 3 heterocycles. The highest BCUT2D eigenvalue weighted by atomic mass is 19.1. The van der Waals surface area contributed by atoms with Gasteiger partial charge in [-0.15, -0.1) is 5.10 Å². The molecule has 0 unspecified atom stereocenters. The maximum atomic E-state index is 13.4. The van der Waals surface area contributed by atoms with Gasteiger partial charge < -0.3 is 15.4 Å². The van der Waals surface area contributed by atoms with Crippen LogP contribution >= 0.6 is 0 Å². The van der Waals surface area contributed by atoms with Gasteiger partial charge in [-0.25, -0.2) is 13.5 Å². The number of ether oxygens (including phenoxy) is 1. The predicted octanol–water partition coefficient (Wildman–Crippen LogP) is 1.16. The highest BCUT2D eigenvalue weighted by Gasteiger charge is 2.26. The van der Waals surface area contributed by atoms with Crippen LogP contribution in [0.1, 0.15) is 17.0 Å². The van der Waals surface area contributed by atoms with E-state index in [0.717, 1.165) is 17.5 Å². The van der Waals surface area contributed by atoms with E-state index in [1.54, 1.807) is 0 Å². The number of rotatable bonds is 4. The normalized spacial score (nSPS) is 20.5. The van der Waals surface area contributed by atoms with Crippen LogP contribution in [0, 0.1) is 11.6 Å². The van der Waals surface area contributed by atoms with Gasteiger partial charge in [-0.2, -0.15) is 0 Å². The Labute approximate surface area is 156 Å². The zero-order valence-electron chi connectivity index (χ0n) is 15.1. The monoisotopic (exact) mass is 376 g/mol. The van der Waals surface area contributed by atoms with Gasteiger partial charge in [0.25, 0.3) is 0 Å². The summed E-state index contributed by atoms with van der Waals surface area (Å²) in [6, 6.07) is 3.62. The summed E-state index contributed by atoms with van der Waals surface area (Å²) in [5, 5.41) is 8.41. The van der Waals surface area contributed by atoms with Crippen LogP contribution in [0.3, 0.4) is 0 Å². The van der Waals surface area contributed by atoms with E-state index >= 15 is 0 Å². The summed E-state index contributed by atoms with van der Waals surface area (Å²) in [7, 11) is 1.95. The molecule has 0 radical (unpaired) electrons. The molecule has 2 N–H and O–H groups in total. The first-order chi connectivity index (χ1) is 13.0. The molecule has 7 nitrogen and oxygen atoms in total. The molecule has 2 aliphatic heterocycles. The van der Waals surface area contributed by atoms with E-state index in [-0.39, 0.29) is 6.10 Å². The van der Waals surface area contributed by atoms with E-state index in [9.17, 15) is 8.78 Å². The lowest BCUT2D eigenvalue weighted by molar-refractivity contribution is -0.0409. The molecule has 1 atom stereocenters. The lowest BCUT2D eigenvalue weighted by Crippen LogP contribution is -2.44. The van der Waals surface area contributed by atoms with Crippen molar-refractivity contribution in [3.05, 3.63) is 53.0 Å². The first-order valence-corrected chi connectivity index (χ1v) is 8.87. The standard InChI is InChI=1S/C18H22F2N6O/c1-24-10-16(21)18-17(11-24)26(23-22-18)9-15-8-25(2-3-27-15)7-12-4-13(19)6-14(20)5-12/h4-6,10,15H,2-3,7-9,11,21H2,1H3/t15-/m1/s1. The van der Waals surface area contributed by atoms with Gasteiger partial charge >= 0.3 is 0 Å². The first kappa shape index (κ1) is 17.9. The molecule has 0 aliphatic carbocycles. The summed E-state index contributed by atoms with van der Waals surface area (Å²) in [5.74, 6) is -1.11. The van der Waals surface area contributed by atoms with E-state index in [2.05, 4.69) is 15.2 Å². The second-order valence-corrected chi connectivity index (χ2v) is 7.07. The molecule has 4 rings (SSSR count). The van der Waals surface area contributed by atoms with E-state index in [1.165, 1.54) is 12.1 Å². The predicted molar refractivity (Wildman–Crippen MR) is 95.0 cm³/mol. The van der Waals surface area contributed by atoms with Crippen LogP contribution in [0.5, 0.6) is 0 Å². The molecule has 1 aromatic heterocycles. The number of fused-ring (bicyclic) bond motifs is 1. The van der Waals surface area contributed by atoms with Gasteiger partial charge in [-0.1, -0.05) is 5.21 Å². The minimum Gasteiger partial charge on any atom is -0.396 e. The van der Waals surface area contributed by atoms with Crippen molar-refractivity contribution in [2.45, 2.75) is 25.7 Å². The molecule has 27 heavy (non-hydrogen) atoms. The second kappa shape index (κ2) is 7.24. The van der Waals surface area contributed by atoms with Crippen LogP contribution in [0.15, 0.2) is 24.4 Å². The minimum atomic E-state index is -0.557. The fourth-order valence-corrected chi connectivity index (χ4v) is 3.63. The van der Waals surface area contributed by atoms with Crippen molar-refractivity contribution < 1.29 is 13.5 Å². The summed E-state index contributed by atoms with van der Waals surface area (Å²) < 4.78 is 34.5. The Morgan fingerprint density at radius 1 is 1.26 bits per heavy atom. The maximum Gasteiger partial charge on any atom is 0.135 e. The average Bonchev–Trinajstić information content (AvgIpc) is 2.97. The number of halogens is 2. The molecule has 144 valence electrons. The van der Waals surface area contributed by atoms with Crippen molar-refractivity contribution in [1.29, 1.82) is 0 Å². The molecule has 2 aliphatic rings. The highest BCUT2D eigenvalue weighted by molar-refractivity contribution is 5.62. The van der Waals surface area contributed by atoms with Gasteiger partial charge in [-0.05, 0) is 17.7 Å². The lowest BCUT2D eigenvalue weighted by atomic mass is 10.1. The van der Waals surface area contributed by atoms with Gasteiger partial charge in [0.1, 0.15) is 17.3 Å². The van der Waals surface area contributed by atoms with Crippen LogP contribution in [-0.2, 0) is 24.4 Å². The summed E-state index contributed by atoms with van der Waals surface area (Å²) >= 11 is 0. The van der Waals surface area contributed by atoms with E-state index in [0.29, 0.717) is 50.6 Å². The lowest BCUT2D eigenvalue weighted by Gasteiger charge is -2.33. The highest BCUT2D eigenvalue weighted by Crippen LogP contribution is 2.21. The van der Waals surface area contributed by atoms with Crippen LogP contribution < -0.4 is 5.73 Å². The average molecular weight is 376 g/mol. The van der Waals surface area contributed by atoms with E-state index in [4.69, 9.17) is 10.5 Å². The van der Waals surface area contributed by atoms with Crippen molar-refractivity contribution in [3.8, 4) is 0 Å². The number of morpholine rings is 1. The Balaban J connectivity index is 1.43. The Morgan fingerprint density at radius 3 is 2.81 bits per heavy atom. The van der Waals surface area contributed by atoms with Gasteiger partial charge in [0, 0.05) is 38.9 Å². The van der Waals surface area contributed by atoms with Gasteiger partial charge in [-0.3, -0.25) is 4.90 Å². The zero-order chi connectivity index (χ0) is 19.0. The molecule has 1 aromatic carbocycles. The first-order valence-electron chi connectivity index (χ1n) is 8.87. The number of benzene rings is 1. The van der Waals surface area contributed by atoms with Crippen LogP contribution in [-0.4, -0.2) is 57.6 Å². The van der Waals surface area contributed by atoms with Crippen molar-refractivity contribution in [1.82, 2.24) is 24.8 Å². The Morgan fingerprint density at radius 2 is 2.04 bits per heavy atom. The summed E-state index contributed by atoms with van der Waals surface area (Å²) in [5.41, 5.74) is 8.92. The van der Waals surface area contributed by atoms with Gasteiger partial charge in [0.15, 0.2) is 0 Å². The largest absolute Gasteiger partial charge is 0.396 e. The number of hydrogen-bond donors (Lipinski definition) is 1. The zero-order valence-corrected chi connectivity index (χ0v) is 15.1. The quantitative estimate of drug-likeness (QED) is 0.864. The van der Waals surface area contributed by atoms with Crippen molar-refractivity contribution in [2.24, 2.45) is 5.73 Å². The summed E-state index contributed by atoms with van der Waals surface area (Å²) in [4.78, 5) is 4.12. The molecular formula is C18H22F2N6O. The van der Waals surface area contributed by atoms with E-state index < -0.39 is 11.6 Å². The Hall–Kier alpha value is -2.52. The third kappa shape index (κ3) is 3.93. The molecule has 1 fully saturated rings. The van der Waals surface area contributed by atoms with Crippen LogP contribution in [0.4, 0.5) is 8.78 Å². The molecule has 0 spiro atoms. The molecule has 2 aromatic rings. The van der Waals surface area contributed by atoms with Crippen LogP contribution in [0.25, 0.3) is 5.70 Å². The minimum absolute atomic E-state index is 0.0830. The number of hydrogen-bond acceptors (Lipinski definition) is 6. The molecule has 1 saturated heterocycles. The molecular weight excluding hydrogens is 354 g/mol. The van der Waals surface area contributed by atoms with Crippen LogP contribution in [0.2, 0.25) is 0 Å². The van der Waals surface area contributed by atoms with Gasteiger partial charge in [0.2, 0.25) is 0 Å². The number of nitrogens with zero attached hydrogens (tertiary/aromatic N) is 5. The fraction of sp³-hybridized carbons (Fsp3) is 0.444. The van der Waals surface area contributed by atoms with Gasteiger partial charge in [0.05, 0.1) is 37.2 Å². The SMILES string of the molecule is CN1C=C(N)c2nnn(C[C@H]3CN(Cc4cc(F)cc(F)c4)CCO3)c2C1. The Kier molecular flexibility index (Phi) is 4.79. The van der Waals surface area contributed by atoms with E-state index in [1.807, 2.05) is 22.8 Å². The smallest absolute Gasteiger partial charge is 0.135 e. The topological polar surface area (TPSA) is 72.4 Å². The summed E-state index contributed by atoms with van der Waals surface area (Å²) in [6.45, 7) is 3.62. The molecule has 0 saturated carbocycles. The van der Waals surface area contributed by atoms with Crippen molar-refractivity contribution in [3.63, 3.8) is 0 Å². The maximum absolute atomic E-state index is 13.4. The molecule has 0 amide bonds. The Bertz CT molecular complexity index is 847. The summed E-state index contributed by atoms with van der Waals surface area (Å²) in [6.07, 6.45) is 1.76. The molecule has 9 heteroatoms. The third-order valence-corrected chi connectivity index (χ3v) is 4.80. The second-order valence-electron chi connectivity index (χ2n) is 7.07. The fourth-order valence-electron chi connectivity index (χ4n) is 3.63. The number of nitrogens with two attached hydrogens (primary N) is 1. The molecule has 0 bridgehead atoms. The third-order valence-electron chi connectivity index (χ3n) is 4.80.